The maximum Gasteiger partial charge on any atom is 0.338 e. The second-order valence-corrected chi connectivity index (χ2v) is 9.42. The van der Waals surface area contributed by atoms with E-state index < -0.39 is 17.7 Å². The van der Waals surface area contributed by atoms with Crippen LogP contribution < -0.4 is 20.1 Å². The van der Waals surface area contributed by atoms with Gasteiger partial charge < -0.3 is 19.9 Å². The number of esters is 1. The summed E-state index contributed by atoms with van der Waals surface area (Å²) in [5, 5.41) is 0. The summed E-state index contributed by atoms with van der Waals surface area (Å²) < 4.78 is 31.0. The molecule has 0 aromatic heterocycles. The van der Waals surface area contributed by atoms with E-state index in [2.05, 4.69) is 0 Å². The van der Waals surface area contributed by atoms with Crippen LogP contribution in [0.5, 0.6) is 11.5 Å². The van der Waals surface area contributed by atoms with Crippen molar-refractivity contribution in [2.75, 3.05) is 18.8 Å². The number of hydrogen-bond donors (Lipinski definition) is 1. The SMILES string of the molecule is COC(=O)C1=C(N)N(c2ccccc2F)C2=C(C(=O)CC(C)(C)C2)[C@H]1c1ccc2c(c1)OCO2. The highest BCUT2D eigenvalue weighted by atomic mass is 19.1. The molecule has 2 N–H and O–H groups in total. The average Bonchev–Trinajstić information content (AvgIpc) is 3.26. The third-order valence-electron chi connectivity index (χ3n) is 6.49. The van der Waals surface area contributed by atoms with Crippen LogP contribution in [0.3, 0.4) is 0 Å². The average molecular weight is 464 g/mol. The van der Waals surface area contributed by atoms with Crippen molar-refractivity contribution in [3.8, 4) is 11.5 Å². The quantitative estimate of drug-likeness (QED) is 0.683. The van der Waals surface area contributed by atoms with Crippen LogP contribution in [0.4, 0.5) is 10.1 Å². The molecular weight excluding hydrogens is 439 g/mol. The molecule has 3 aliphatic rings. The lowest BCUT2D eigenvalue weighted by molar-refractivity contribution is -0.136. The first-order valence-electron chi connectivity index (χ1n) is 11.0. The molecule has 1 atom stereocenters. The molecule has 2 heterocycles. The monoisotopic (exact) mass is 464 g/mol. The van der Waals surface area contributed by atoms with Gasteiger partial charge in [-0.05, 0) is 41.7 Å². The van der Waals surface area contributed by atoms with Crippen molar-refractivity contribution in [2.24, 2.45) is 11.1 Å². The summed E-state index contributed by atoms with van der Waals surface area (Å²) in [6.45, 7) is 4.06. The molecule has 2 aromatic rings. The number of nitrogens with zero attached hydrogens (tertiary/aromatic N) is 1. The van der Waals surface area contributed by atoms with Crippen molar-refractivity contribution in [1.29, 1.82) is 0 Å². The van der Waals surface area contributed by atoms with Crippen molar-refractivity contribution in [3.63, 3.8) is 0 Å². The Kier molecular flexibility index (Phi) is 5.11. The van der Waals surface area contributed by atoms with E-state index >= 15 is 4.39 Å². The zero-order valence-electron chi connectivity index (χ0n) is 19.2. The van der Waals surface area contributed by atoms with Crippen LogP contribution in [0.2, 0.25) is 0 Å². The second-order valence-electron chi connectivity index (χ2n) is 9.42. The highest BCUT2D eigenvalue weighted by Crippen LogP contribution is 2.51. The first kappa shape index (κ1) is 22.0. The maximum absolute atomic E-state index is 15.0. The molecular formula is C26H25FN2O5. The summed E-state index contributed by atoms with van der Waals surface area (Å²) in [6, 6.07) is 11.4. The fourth-order valence-corrected chi connectivity index (χ4v) is 5.05. The zero-order chi connectivity index (χ0) is 24.2. The topological polar surface area (TPSA) is 91.1 Å². The maximum atomic E-state index is 15.0. The number of nitrogens with two attached hydrogens (primary N) is 1. The molecule has 8 heteroatoms. The highest BCUT2D eigenvalue weighted by molar-refractivity contribution is 6.05. The van der Waals surface area contributed by atoms with Crippen molar-refractivity contribution < 1.29 is 28.2 Å². The van der Waals surface area contributed by atoms with Gasteiger partial charge in [-0.25, -0.2) is 9.18 Å². The molecule has 0 saturated heterocycles. The minimum absolute atomic E-state index is 0.0314. The number of benzene rings is 2. The number of carbonyl (C=O) groups is 2. The lowest BCUT2D eigenvalue weighted by Crippen LogP contribution is -2.44. The molecule has 0 saturated carbocycles. The number of carbonyl (C=O) groups excluding carboxylic acids is 2. The largest absolute Gasteiger partial charge is 0.466 e. The van der Waals surface area contributed by atoms with E-state index in [9.17, 15) is 9.59 Å². The van der Waals surface area contributed by atoms with Gasteiger partial charge >= 0.3 is 5.97 Å². The first-order valence-corrected chi connectivity index (χ1v) is 11.0. The van der Waals surface area contributed by atoms with E-state index in [1.807, 2.05) is 13.8 Å². The number of para-hydroxylation sites is 1. The summed E-state index contributed by atoms with van der Waals surface area (Å²) in [5.74, 6) is -0.988. The van der Waals surface area contributed by atoms with Gasteiger partial charge in [-0.1, -0.05) is 32.0 Å². The molecule has 0 unspecified atom stereocenters. The number of halogens is 1. The van der Waals surface area contributed by atoms with Crippen molar-refractivity contribution in [3.05, 3.63) is 76.5 Å². The van der Waals surface area contributed by atoms with Crippen molar-refractivity contribution in [1.82, 2.24) is 0 Å². The number of ketones is 1. The Morgan fingerprint density at radius 2 is 1.88 bits per heavy atom. The van der Waals surface area contributed by atoms with Crippen LogP contribution in [0, 0.1) is 11.2 Å². The molecule has 2 aliphatic heterocycles. The molecule has 0 spiro atoms. The Balaban J connectivity index is 1.80. The zero-order valence-corrected chi connectivity index (χ0v) is 19.2. The van der Waals surface area contributed by atoms with Crippen LogP contribution >= 0.6 is 0 Å². The number of hydrogen-bond acceptors (Lipinski definition) is 7. The number of anilines is 1. The lowest BCUT2D eigenvalue weighted by Gasteiger charge is -2.44. The van der Waals surface area contributed by atoms with E-state index in [0.29, 0.717) is 34.8 Å². The van der Waals surface area contributed by atoms with Crippen molar-refractivity contribution >= 4 is 17.4 Å². The molecule has 0 amide bonds. The van der Waals surface area contributed by atoms with E-state index in [-0.39, 0.29) is 41.5 Å². The van der Waals surface area contributed by atoms with Crippen LogP contribution in [-0.4, -0.2) is 25.7 Å². The van der Waals surface area contributed by atoms with Crippen LogP contribution in [-0.2, 0) is 14.3 Å². The number of allylic oxidation sites excluding steroid dienone is 2. The van der Waals surface area contributed by atoms with Gasteiger partial charge in [0, 0.05) is 17.7 Å². The first-order chi connectivity index (χ1) is 16.2. The fourth-order valence-electron chi connectivity index (χ4n) is 5.05. The molecule has 0 fully saturated rings. The smallest absolute Gasteiger partial charge is 0.338 e. The number of fused-ring (bicyclic) bond motifs is 1. The van der Waals surface area contributed by atoms with Gasteiger partial charge in [-0.2, -0.15) is 0 Å². The predicted molar refractivity (Wildman–Crippen MR) is 122 cm³/mol. The second kappa shape index (κ2) is 7.90. The van der Waals surface area contributed by atoms with E-state index in [4.69, 9.17) is 19.9 Å². The van der Waals surface area contributed by atoms with Gasteiger partial charge in [-0.15, -0.1) is 0 Å². The minimum atomic E-state index is -0.788. The van der Waals surface area contributed by atoms with Crippen LogP contribution in [0.25, 0.3) is 0 Å². The van der Waals surface area contributed by atoms with Gasteiger partial charge in [0.05, 0.1) is 24.3 Å². The van der Waals surface area contributed by atoms with Gasteiger partial charge in [0.2, 0.25) is 6.79 Å². The lowest BCUT2D eigenvalue weighted by atomic mass is 9.68. The van der Waals surface area contributed by atoms with Crippen LogP contribution in [0.15, 0.2) is 65.1 Å². The van der Waals surface area contributed by atoms with E-state index in [1.54, 1.807) is 36.4 Å². The predicted octanol–water partition coefficient (Wildman–Crippen LogP) is 4.14. The van der Waals surface area contributed by atoms with Crippen molar-refractivity contribution in [2.45, 2.75) is 32.6 Å². The summed E-state index contributed by atoms with van der Waals surface area (Å²) in [4.78, 5) is 28.2. The Morgan fingerprint density at radius 1 is 1.15 bits per heavy atom. The third kappa shape index (κ3) is 3.41. The summed E-state index contributed by atoms with van der Waals surface area (Å²) >= 11 is 0. The van der Waals surface area contributed by atoms with Gasteiger partial charge in [0.15, 0.2) is 17.3 Å². The summed E-state index contributed by atoms with van der Waals surface area (Å²) in [6.07, 6.45) is 0.755. The van der Waals surface area contributed by atoms with E-state index in [0.717, 1.165) is 0 Å². The molecule has 0 bridgehead atoms. The normalized spacial score (nSPS) is 21.0. The molecule has 34 heavy (non-hydrogen) atoms. The van der Waals surface area contributed by atoms with Crippen LogP contribution in [0.1, 0.15) is 38.2 Å². The van der Waals surface area contributed by atoms with E-state index in [1.165, 1.54) is 18.1 Å². The number of ether oxygens (including phenoxy) is 3. The minimum Gasteiger partial charge on any atom is -0.466 e. The van der Waals surface area contributed by atoms with Gasteiger partial charge in [0.1, 0.15) is 11.6 Å². The molecule has 1 aliphatic carbocycles. The fraction of sp³-hybridized carbons (Fsp3) is 0.308. The molecule has 7 nitrogen and oxygen atoms in total. The summed E-state index contributed by atoms with van der Waals surface area (Å²) in [5.41, 5.74) is 8.13. The highest BCUT2D eigenvalue weighted by Gasteiger charge is 2.47. The Bertz CT molecular complexity index is 1280. The van der Waals surface area contributed by atoms with Gasteiger partial charge in [-0.3, -0.25) is 9.69 Å². The summed E-state index contributed by atoms with van der Waals surface area (Å²) in [7, 11) is 1.25. The standard InChI is InChI=1S/C26H25FN2O5/c1-26(2)11-17-22(18(30)12-26)21(14-8-9-19-20(10-14)34-13-33-19)23(25(31)32-3)24(28)29(17)16-7-5-4-6-15(16)27/h4-10,21H,11-13,28H2,1-3H3/t21-/m1/s1. The molecule has 176 valence electrons. The molecule has 5 rings (SSSR count). The Hall–Kier alpha value is -3.81. The number of rotatable bonds is 3. The van der Waals surface area contributed by atoms with Gasteiger partial charge in [0.25, 0.3) is 0 Å². The number of methoxy groups -OCH3 is 1. The third-order valence-corrected chi connectivity index (χ3v) is 6.49. The molecule has 0 radical (unpaired) electrons. The Labute approximate surface area is 196 Å². The number of Topliss-reactive ketones (excluding diaryl/α,β-unsaturated/α-hetero) is 1. The Morgan fingerprint density at radius 3 is 2.62 bits per heavy atom. The molecule has 2 aromatic carbocycles.